The third-order valence-electron chi connectivity index (χ3n) is 5.27. The molecule has 1 aromatic heterocycles. The number of benzene rings is 2. The summed E-state index contributed by atoms with van der Waals surface area (Å²) in [5.74, 6) is -0.407. The molecule has 2 unspecified atom stereocenters. The Morgan fingerprint density at radius 1 is 1.06 bits per heavy atom. The molecule has 2 aromatic carbocycles. The number of nitrogens with one attached hydrogen (secondary N) is 2. The van der Waals surface area contributed by atoms with E-state index in [0.29, 0.717) is 5.69 Å². The van der Waals surface area contributed by atoms with Gasteiger partial charge in [-0.3, -0.25) is 9.52 Å². The molecule has 3 aromatic rings. The van der Waals surface area contributed by atoms with Crippen LogP contribution in [0.5, 0.6) is 0 Å². The lowest BCUT2D eigenvalue weighted by Crippen LogP contribution is -2.45. The van der Waals surface area contributed by atoms with Crippen LogP contribution in [-0.2, 0) is 14.8 Å². The van der Waals surface area contributed by atoms with Crippen LogP contribution in [0.3, 0.4) is 0 Å². The number of amides is 1. The Morgan fingerprint density at radius 2 is 1.79 bits per heavy atom. The van der Waals surface area contributed by atoms with Crippen molar-refractivity contribution >= 4 is 33.1 Å². The summed E-state index contributed by atoms with van der Waals surface area (Å²) in [6, 6.07) is 14.5. The highest BCUT2D eigenvalue weighted by Gasteiger charge is 2.23. The molecule has 1 aliphatic rings. The average molecular weight is 485 g/mol. The molecular formula is C24H25FN4O4S. The Kier molecular flexibility index (Phi) is 6.80. The number of hydrogen-bond donors (Lipinski definition) is 2. The topological polar surface area (TPSA) is 101 Å². The third-order valence-corrected chi connectivity index (χ3v) is 6.64. The lowest BCUT2D eigenvalue weighted by molar-refractivity contribution is -0.00545. The van der Waals surface area contributed by atoms with Crippen molar-refractivity contribution in [3.63, 3.8) is 0 Å². The molecule has 0 radical (unpaired) electrons. The van der Waals surface area contributed by atoms with Crippen molar-refractivity contribution in [1.29, 1.82) is 0 Å². The summed E-state index contributed by atoms with van der Waals surface area (Å²) < 4.78 is 47.2. The van der Waals surface area contributed by atoms with Gasteiger partial charge in [-0.1, -0.05) is 18.2 Å². The van der Waals surface area contributed by atoms with Crippen LogP contribution in [0.1, 0.15) is 24.2 Å². The molecule has 178 valence electrons. The molecule has 10 heteroatoms. The fourth-order valence-electron chi connectivity index (χ4n) is 3.77. The van der Waals surface area contributed by atoms with Crippen molar-refractivity contribution in [1.82, 2.24) is 4.98 Å². The monoisotopic (exact) mass is 484 g/mol. The van der Waals surface area contributed by atoms with Gasteiger partial charge in [0.25, 0.3) is 15.9 Å². The van der Waals surface area contributed by atoms with E-state index in [0.717, 1.165) is 25.0 Å². The van der Waals surface area contributed by atoms with E-state index in [1.54, 1.807) is 12.3 Å². The fraction of sp³-hybridized carbons (Fsp3) is 0.250. The average Bonchev–Trinajstić information content (AvgIpc) is 2.80. The molecule has 0 spiro atoms. The lowest BCUT2D eigenvalue weighted by atomic mass is 10.2. The molecule has 2 atom stereocenters. The molecule has 0 saturated carbocycles. The number of hydrogen-bond acceptors (Lipinski definition) is 6. The van der Waals surface area contributed by atoms with Gasteiger partial charge in [0.2, 0.25) is 0 Å². The second-order valence-electron chi connectivity index (χ2n) is 8.13. The lowest BCUT2D eigenvalue weighted by Gasteiger charge is -2.36. The number of morpholine rings is 1. The predicted octanol–water partition coefficient (Wildman–Crippen LogP) is 3.89. The van der Waals surface area contributed by atoms with Crippen molar-refractivity contribution in [2.75, 3.05) is 28.0 Å². The molecule has 4 rings (SSSR count). The molecule has 2 N–H and O–H groups in total. The number of para-hydroxylation sites is 1. The van der Waals surface area contributed by atoms with E-state index in [2.05, 4.69) is 19.9 Å². The number of halogens is 1. The zero-order valence-corrected chi connectivity index (χ0v) is 19.5. The van der Waals surface area contributed by atoms with E-state index in [4.69, 9.17) is 4.74 Å². The van der Waals surface area contributed by atoms with E-state index in [-0.39, 0.29) is 28.4 Å². The maximum absolute atomic E-state index is 13.9. The summed E-state index contributed by atoms with van der Waals surface area (Å²) in [5, 5.41) is 2.72. The molecule has 0 bridgehead atoms. The zero-order chi connectivity index (χ0) is 24.3. The predicted molar refractivity (Wildman–Crippen MR) is 128 cm³/mol. The van der Waals surface area contributed by atoms with Gasteiger partial charge in [0, 0.05) is 18.7 Å². The first-order valence-electron chi connectivity index (χ1n) is 10.8. The molecule has 1 fully saturated rings. The number of rotatable bonds is 6. The van der Waals surface area contributed by atoms with Crippen LogP contribution < -0.4 is 14.9 Å². The first-order valence-corrected chi connectivity index (χ1v) is 12.2. The minimum atomic E-state index is -4.09. The van der Waals surface area contributed by atoms with Gasteiger partial charge in [-0.25, -0.2) is 17.8 Å². The molecule has 0 aliphatic carbocycles. The van der Waals surface area contributed by atoms with Crippen LogP contribution in [0.25, 0.3) is 0 Å². The molecule has 8 nitrogen and oxygen atoms in total. The molecule has 1 aliphatic heterocycles. The third kappa shape index (κ3) is 5.52. The minimum Gasteiger partial charge on any atom is -0.372 e. The normalized spacial score (nSPS) is 18.4. The smallest absolute Gasteiger partial charge is 0.262 e. The summed E-state index contributed by atoms with van der Waals surface area (Å²) in [6.45, 7) is 5.48. The van der Waals surface area contributed by atoms with Crippen molar-refractivity contribution in [3.8, 4) is 0 Å². The molecule has 1 saturated heterocycles. The van der Waals surface area contributed by atoms with Gasteiger partial charge >= 0.3 is 0 Å². The Labute approximate surface area is 197 Å². The first kappa shape index (κ1) is 23.7. The maximum Gasteiger partial charge on any atom is 0.262 e. The van der Waals surface area contributed by atoms with E-state index < -0.39 is 21.7 Å². The first-order chi connectivity index (χ1) is 16.2. The van der Waals surface area contributed by atoms with Gasteiger partial charge in [0.15, 0.2) is 0 Å². The van der Waals surface area contributed by atoms with E-state index in [1.807, 2.05) is 19.9 Å². The van der Waals surface area contributed by atoms with Gasteiger partial charge < -0.3 is 15.0 Å². The summed E-state index contributed by atoms with van der Waals surface area (Å²) in [4.78, 5) is 19.1. The summed E-state index contributed by atoms with van der Waals surface area (Å²) in [7, 11) is -4.09. The highest BCUT2D eigenvalue weighted by molar-refractivity contribution is 7.92. The van der Waals surface area contributed by atoms with E-state index in [9.17, 15) is 17.6 Å². The quantitative estimate of drug-likeness (QED) is 0.551. The number of pyridine rings is 1. The number of carbonyl (C=O) groups is 1. The Balaban J connectivity index is 1.46. The van der Waals surface area contributed by atoms with Gasteiger partial charge in [-0.05, 0) is 56.3 Å². The summed E-state index contributed by atoms with van der Waals surface area (Å²) >= 11 is 0. The number of anilines is 3. The number of nitrogens with zero attached hydrogens (tertiary/aromatic N) is 2. The summed E-state index contributed by atoms with van der Waals surface area (Å²) in [6.07, 6.45) is 1.75. The van der Waals surface area contributed by atoms with Gasteiger partial charge in [-0.2, -0.15) is 0 Å². The maximum atomic E-state index is 13.9. The number of ether oxygens (including phenoxy) is 1. The Morgan fingerprint density at radius 3 is 2.47 bits per heavy atom. The van der Waals surface area contributed by atoms with Crippen LogP contribution in [-0.4, -0.2) is 44.6 Å². The largest absolute Gasteiger partial charge is 0.372 e. The van der Waals surface area contributed by atoms with Gasteiger partial charge in [-0.15, -0.1) is 0 Å². The molecular weight excluding hydrogens is 459 g/mol. The highest BCUT2D eigenvalue weighted by Crippen LogP contribution is 2.22. The second-order valence-corrected chi connectivity index (χ2v) is 9.82. The summed E-state index contributed by atoms with van der Waals surface area (Å²) in [5.41, 5.74) is 0.435. The zero-order valence-electron chi connectivity index (χ0n) is 18.7. The standard InChI is InChI=1S/C24H25FN4O4S/c1-16-14-29(15-17(2)33-16)23-11-10-19(13-26-23)27-24(30)18-6-5-7-20(12-18)34(31,32)28-22-9-4-3-8-21(22)25/h3-13,16-17,28H,14-15H2,1-2H3,(H,27,30). The van der Waals surface area contributed by atoms with Crippen LogP contribution >= 0.6 is 0 Å². The van der Waals surface area contributed by atoms with Crippen molar-refractivity contribution < 1.29 is 22.3 Å². The van der Waals surface area contributed by atoms with Crippen LogP contribution in [0.15, 0.2) is 71.8 Å². The van der Waals surface area contributed by atoms with E-state index in [1.165, 1.54) is 42.5 Å². The highest BCUT2D eigenvalue weighted by atomic mass is 32.2. The van der Waals surface area contributed by atoms with Crippen LogP contribution in [0, 0.1) is 5.82 Å². The number of sulfonamides is 1. The van der Waals surface area contributed by atoms with E-state index >= 15 is 0 Å². The van der Waals surface area contributed by atoms with Crippen molar-refractivity contribution in [2.24, 2.45) is 0 Å². The molecule has 1 amide bonds. The molecule has 34 heavy (non-hydrogen) atoms. The Hall–Kier alpha value is -3.50. The van der Waals surface area contributed by atoms with Gasteiger partial charge in [0.1, 0.15) is 11.6 Å². The second kappa shape index (κ2) is 9.78. The molecule has 2 heterocycles. The van der Waals surface area contributed by atoms with Crippen molar-refractivity contribution in [2.45, 2.75) is 31.0 Å². The van der Waals surface area contributed by atoms with Crippen molar-refractivity contribution in [3.05, 3.63) is 78.2 Å². The van der Waals surface area contributed by atoms with Gasteiger partial charge in [0.05, 0.1) is 34.7 Å². The number of carbonyl (C=O) groups excluding carboxylic acids is 1. The number of aromatic nitrogens is 1. The van der Waals surface area contributed by atoms with Crippen LogP contribution in [0.4, 0.5) is 21.6 Å². The SMILES string of the molecule is CC1CN(c2ccc(NC(=O)c3cccc(S(=O)(=O)Nc4ccccc4F)c3)cn2)CC(C)O1. The minimum absolute atomic E-state index is 0.0985. The van der Waals surface area contributed by atoms with Crippen LogP contribution in [0.2, 0.25) is 0 Å². The Bertz CT molecular complexity index is 1270. The fourth-order valence-corrected chi connectivity index (χ4v) is 4.88.